The van der Waals surface area contributed by atoms with Gasteiger partial charge in [-0.2, -0.15) is 5.06 Å². The molecule has 2 atom stereocenters. The first kappa shape index (κ1) is 13.3. The average Bonchev–Trinajstić information content (AvgIpc) is 3.11. The van der Waals surface area contributed by atoms with Gasteiger partial charge in [0.2, 0.25) is 5.91 Å². The third-order valence-electron chi connectivity index (χ3n) is 4.95. The van der Waals surface area contributed by atoms with Crippen LogP contribution in [-0.2, 0) is 16.0 Å². The zero-order valence-electron chi connectivity index (χ0n) is 12.2. The van der Waals surface area contributed by atoms with E-state index in [0.717, 1.165) is 21.5 Å². The van der Waals surface area contributed by atoms with Crippen LogP contribution in [0.15, 0.2) is 30.5 Å². The van der Waals surface area contributed by atoms with Crippen LogP contribution in [0.5, 0.6) is 0 Å². The summed E-state index contributed by atoms with van der Waals surface area (Å²) in [6, 6.07) is 7.21. The van der Waals surface area contributed by atoms with Gasteiger partial charge in [-0.25, -0.2) is 0 Å². The molecule has 2 aromatic rings. The predicted molar refractivity (Wildman–Crippen MR) is 78.9 cm³/mol. The second-order valence-corrected chi connectivity index (χ2v) is 6.21. The Hall–Kier alpha value is -2.34. The molecule has 2 aliphatic rings. The van der Waals surface area contributed by atoms with Crippen molar-refractivity contribution >= 4 is 22.7 Å². The lowest BCUT2D eigenvalue weighted by molar-refractivity contribution is -0.187. The Balaban J connectivity index is 1.73. The molecule has 6 nitrogen and oxygen atoms in total. The van der Waals surface area contributed by atoms with Crippen LogP contribution >= 0.6 is 0 Å². The van der Waals surface area contributed by atoms with Crippen LogP contribution in [0.25, 0.3) is 10.9 Å². The number of carbonyl (C=O) groups is 2. The smallest absolute Gasteiger partial charge is 0.271 e. The summed E-state index contributed by atoms with van der Waals surface area (Å²) in [7, 11) is 0. The number of amides is 2. The number of nitrogens with one attached hydrogen (secondary N) is 1. The maximum Gasteiger partial charge on any atom is 0.271 e. The second kappa shape index (κ2) is 4.33. The van der Waals surface area contributed by atoms with Gasteiger partial charge in [-0.1, -0.05) is 18.2 Å². The molecule has 0 radical (unpaired) electrons. The standard InChI is InChI=1S/C16H17N3O3/c1-16-7-6-14(20)18(16)13(15(21)19(16)22)8-10-9-17-12-5-3-2-4-11(10)12/h2-5,9,13,17,22H,6-8H2,1H3/t13-,16+/m0/s1. The Morgan fingerprint density at radius 3 is 2.95 bits per heavy atom. The molecule has 2 fully saturated rings. The van der Waals surface area contributed by atoms with E-state index in [9.17, 15) is 14.8 Å². The molecular formula is C16H17N3O3. The van der Waals surface area contributed by atoms with Crippen molar-refractivity contribution in [3.05, 3.63) is 36.0 Å². The molecule has 4 rings (SSSR count). The van der Waals surface area contributed by atoms with Crippen molar-refractivity contribution < 1.29 is 14.8 Å². The van der Waals surface area contributed by atoms with E-state index in [4.69, 9.17) is 0 Å². The molecule has 6 heteroatoms. The van der Waals surface area contributed by atoms with Gasteiger partial charge in [-0.05, 0) is 18.6 Å². The number of para-hydroxylation sites is 1. The highest BCUT2D eigenvalue weighted by atomic mass is 16.5. The lowest BCUT2D eigenvalue weighted by Gasteiger charge is -2.32. The number of rotatable bonds is 2. The van der Waals surface area contributed by atoms with E-state index in [1.807, 2.05) is 30.5 Å². The summed E-state index contributed by atoms with van der Waals surface area (Å²) in [6.07, 6.45) is 3.11. The van der Waals surface area contributed by atoms with E-state index in [2.05, 4.69) is 4.98 Å². The van der Waals surface area contributed by atoms with Gasteiger partial charge in [0.15, 0.2) is 0 Å². The Morgan fingerprint density at radius 1 is 1.36 bits per heavy atom. The minimum absolute atomic E-state index is 0.0720. The van der Waals surface area contributed by atoms with Crippen LogP contribution in [0.3, 0.4) is 0 Å². The average molecular weight is 299 g/mol. The molecule has 2 aliphatic heterocycles. The molecule has 2 saturated heterocycles. The molecule has 1 aromatic carbocycles. The monoisotopic (exact) mass is 299 g/mol. The SMILES string of the molecule is C[C@@]12CCC(=O)N1[C@@H](Cc1c[nH]c3ccccc13)C(=O)N2O. The molecule has 114 valence electrons. The zero-order chi connectivity index (χ0) is 15.5. The summed E-state index contributed by atoms with van der Waals surface area (Å²) in [6.45, 7) is 1.74. The van der Waals surface area contributed by atoms with E-state index in [1.165, 1.54) is 0 Å². The number of aromatic amines is 1. The maximum atomic E-state index is 12.4. The van der Waals surface area contributed by atoms with Crippen LogP contribution in [-0.4, -0.2) is 43.7 Å². The number of carbonyl (C=O) groups excluding carboxylic acids is 2. The Morgan fingerprint density at radius 2 is 2.14 bits per heavy atom. The number of hydrogen-bond donors (Lipinski definition) is 2. The first-order valence-corrected chi connectivity index (χ1v) is 7.42. The molecule has 0 unspecified atom stereocenters. The first-order valence-electron chi connectivity index (χ1n) is 7.42. The molecule has 2 amide bonds. The van der Waals surface area contributed by atoms with E-state index in [-0.39, 0.29) is 5.91 Å². The van der Waals surface area contributed by atoms with Crippen LogP contribution in [0.1, 0.15) is 25.3 Å². The normalized spacial score (nSPS) is 28.0. The Kier molecular flexibility index (Phi) is 2.62. The Bertz CT molecular complexity index is 784. The molecule has 2 N–H and O–H groups in total. The molecule has 0 bridgehead atoms. The molecule has 22 heavy (non-hydrogen) atoms. The molecule has 0 spiro atoms. The third-order valence-corrected chi connectivity index (χ3v) is 4.95. The van der Waals surface area contributed by atoms with Gasteiger partial charge >= 0.3 is 0 Å². The van der Waals surface area contributed by atoms with Gasteiger partial charge in [0, 0.05) is 36.4 Å². The van der Waals surface area contributed by atoms with E-state index >= 15 is 0 Å². The highest BCUT2D eigenvalue weighted by Gasteiger charge is 2.59. The summed E-state index contributed by atoms with van der Waals surface area (Å²) < 4.78 is 0. The summed E-state index contributed by atoms with van der Waals surface area (Å²) >= 11 is 0. The van der Waals surface area contributed by atoms with Crippen LogP contribution in [0.4, 0.5) is 0 Å². The van der Waals surface area contributed by atoms with Gasteiger partial charge in [-0.3, -0.25) is 14.8 Å². The molecule has 0 aliphatic carbocycles. The lowest BCUT2D eigenvalue weighted by atomic mass is 10.0. The quantitative estimate of drug-likeness (QED) is 0.828. The maximum absolute atomic E-state index is 12.4. The molecule has 0 saturated carbocycles. The van der Waals surface area contributed by atoms with Crippen molar-refractivity contribution in [2.45, 2.75) is 37.9 Å². The molecule has 3 heterocycles. The van der Waals surface area contributed by atoms with Crippen LogP contribution < -0.4 is 0 Å². The van der Waals surface area contributed by atoms with E-state index in [0.29, 0.717) is 19.3 Å². The van der Waals surface area contributed by atoms with E-state index in [1.54, 1.807) is 11.8 Å². The number of hydrogen-bond acceptors (Lipinski definition) is 3. The third kappa shape index (κ3) is 1.58. The molecule has 1 aromatic heterocycles. The van der Waals surface area contributed by atoms with Gasteiger partial charge in [0.1, 0.15) is 11.7 Å². The topological polar surface area (TPSA) is 76.6 Å². The zero-order valence-corrected chi connectivity index (χ0v) is 12.2. The number of aromatic nitrogens is 1. The van der Waals surface area contributed by atoms with Gasteiger partial charge in [0.05, 0.1) is 0 Å². The van der Waals surface area contributed by atoms with Crippen molar-refractivity contribution in [3.63, 3.8) is 0 Å². The number of H-pyrrole nitrogens is 1. The minimum atomic E-state index is -0.898. The summed E-state index contributed by atoms with van der Waals surface area (Å²) in [5.74, 6) is -0.474. The number of fused-ring (bicyclic) bond motifs is 2. The molecular weight excluding hydrogens is 282 g/mol. The number of nitrogens with zero attached hydrogens (tertiary/aromatic N) is 2. The van der Waals surface area contributed by atoms with Crippen molar-refractivity contribution in [2.75, 3.05) is 0 Å². The minimum Gasteiger partial charge on any atom is -0.361 e. The van der Waals surface area contributed by atoms with Crippen molar-refractivity contribution in [1.29, 1.82) is 0 Å². The van der Waals surface area contributed by atoms with Crippen molar-refractivity contribution in [2.24, 2.45) is 0 Å². The van der Waals surface area contributed by atoms with Gasteiger partial charge < -0.3 is 9.88 Å². The van der Waals surface area contributed by atoms with Crippen LogP contribution in [0.2, 0.25) is 0 Å². The number of hydroxylamine groups is 2. The van der Waals surface area contributed by atoms with Crippen LogP contribution in [0, 0.1) is 0 Å². The van der Waals surface area contributed by atoms with Gasteiger partial charge in [0.25, 0.3) is 5.91 Å². The summed E-state index contributed by atoms with van der Waals surface area (Å²) in [5.41, 5.74) is 1.08. The first-order chi connectivity index (χ1) is 10.5. The van der Waals surface area contributed by atoms with Crippen molar-refractivity contribution in [1.82, 2.24) is 14.9 Å². The Labute approximate surface area is 127 Å². The fraction of sp³-hybridized carbons (Fsp3) is 0.375. The largest absolute Gasteiger partial charge is 0.361 e. The second-order valence-electron chi connectivity index (χ2n) is 6.21. The van der Waals surface area contributed by atoms with Crippen molar-refractivity contribution in [3.8, 4) is 0 Å². The lowest BCUT2D eigenvalue weighted by Crippen LogP contribution is -2.48. The highest BCUT2D eigenvalue weighted by Crippen LogP contribution is 2.41. The highest BCUT2D eigenvalue weighted by molar-refractivity contribution is 5.94. The van der Waals surface area contributed by atoms with Gasteiger partial charge in [-0.15, -0.1) is 0 Å². The fourth-order valence-electron chi connectivity index (χ4n) is 3.75. The summed E-state index contributed by atoms with van der Waals surface area (Å²) in [4.78, 5) is 29.3. The fourth-order valence-corrected chi connectivity index (χ4v) is 3.75. The summed E-state index contributed by atoms with van der Waals surface area (Å²) in [5, 5.41) is 11.9. The predicted octanol–water partition coefficient (Wildman–Crippen LogP) is 1.65. The van der Waals surface area contributed by atoms with E-state index < -0.39 is 17.6 Å². The number of benzene rings is 1.